The van der Waals surface area contributed by atoms with Gasteiger partial charge in [0.1, 0.15) is 6.04 Å². The lowest BCUT2D eigenvalue weighted by molar-refractivity contribution is -0.137. The molecule has 0 spiro atoms. The molecule has 0 saturated carbocycles. The maximum absolute atomic E-state index is 10.5. The number of carbonyl (C=O) groups is 1. The number of halogens is 1. The topological polar surface area (TPSA) is 115 Å². The lowest BCUT2D eigenvalue weighted by Crippen LogP contribution is -2.32. The van der Waals surface area contributed by atoms with Crippen molar-refractivity contribution in [1.82, 2.24) is 10.2 Å². The highest BCUT2D eigenvalue weighted by Crippen LogP contribution is 2.24. The standard InChI is InChI=1S/C10H10BrN3O4S/c11-7-2-1-6(17-7)9-14-13-8(18-9)4-19-3-5(12)10(15)16/h1-2,5H,3-4,12H2,(H,15,16)/t5-/m0/s1. The van der Waals surface area contributed by atoms with Crippen LogP contribution in [0.15, 0.2) is 25.6 Å². The highest BCUT2D eigenvalue weighted by atomic mass is 79.9. The van der Waals surface area contributed by atoms with Crippen LogP contribution in [-0.4, -0.2) is 33.1 Å². The van der Waals surface area contributed by atoms with E-state index in [1.165, 1.54) is 11.8 Å². The number of aromatic nitrogens is 2. The Morgan fingerprint density at radius 2 is 2.26 bits per heavy atom. The fourth-order valence-electron chi connectivity index (χ4n) is 1.19. The minimum absolute atomic E-state index is 0.277. The molecule has 2 aromatic rings. The first-order valence-electron chi connectivity index (χ1n) is 5.20. The summed E-state index contributed by atoms with van der Waals surface area (Å²) in [5.74, 6) is 0.792. The Bertz CT molecular complexity index is 571. The van der Waals surface area contributed by atoms with E-state index in [4.69, 9.17) is 19.7 Å². The minimum Gasteiger partial charge on any atom is -0.480 e. The normalized spacial score (nSPS) is 12.5. The van der Waals surface area contributed by atoms with Crippen LogP contribution in [0.3, 0.4) is 0 Å². The van der Waals surface area contributed by atoms with E-state index in [0.717, 1.165) is 0 Å². The highest BCUT2D eigenvalue weighted by Gasteiger charge is 2.14. The number of nitrogens with zero attached hydrogens (tertiary/aromatic N) is 2. The summed E-state index contributed by atoms with van der Waals surface area (Å²) < 4.78 is 11.2. The molecular weight excluding hydrogens is 338 g/mol. The monoisotopic (exact) mass is 347 g/mol. The van der Waals surface area contributed by atoms with Gasteiger partial charge in [-0.15, -0.1) is 22.0 Å². The summed E-state index contributed by atoms with van der Waals surface area (Å²) in [5.41, 5.74) is 5.37. The molecule has 0 aliphatic carbocycles. The number of aliphatic carboxylic acids is 1. The van der Waals surface area contributed by atoms with Gasteiger partial charge in [0.15, 0.2) is 10.4 Å². The Kier molecular flexibility index (Phi) is 4.61. The molecule has 0 saturated heterocycles. The summed E-state index contributed by atoms with van der Waals surface area (Å²) in [6.45, 7) is 0. The van der Waals surface area contributed by atoms with Crippen molar-refractivity contribution in [2.45, 2.75) is 11.8 Å². The molecule has 0 aromatic carbocycles. The first kappa shape index (κ1) is 14.1. The zero-order chi connectivity index (χ0) is 13.8. The molecule has 0 radical (unpaired) electrons. The summed E-state index contributed by atoms with van der Waals surface area (Å²) in [6.07, 6.45) is 0. The van der Waals surface area contributed by atoms with Gasteiger partial charge in [-0.3, -0.25) is 4.79 Å². The number of furan rings is 1. The van der Waals surface area contributed by atoms with Crippen molar-refractivity contribution in [3.05, 3.63) is 22.7 Å². The van der Waals surface area contributed by atoms with E-state index < -0.39 is 12.0 Å². The van der Waals surface area contributed by atoms with Gasteiger partial charge in [-0.2, -0.15) is 0 Å². The van der Waals surface area contributed by atoms with Crippen LogP contribution in [0.1, 0.15) is 5.89 Å². The van der Waals surface area contributed by atoms with Crippen molar-refractivity contribution in [2.75, 3.05) is 5.75 Å². The van der Waals surface area contributed by atoms with Gasteiger partial charge in [-0.05, 0) is 28.1 Å². The zero-order valence-electron chi connectivity index (χ0n) is 9.58. The molecule has 102 valence electrons. The van der Waals surface area contributed by atoms with Crippen LogP contribution in [-0.2, 0) is 10.5 Å². The van der Waals surface area contributed by atoms with Crippen molar-refractivity contribution >= 4 is 33.7 Å². The lowest BCUT2D eigenvalue weighted by atomic mass is 10.4. The molecule has 0 aliphatic heterocycles. The third-order valence-corrected chi connectivity index (χ3v) is 3.56. The Morgan fingerprint density at radius 1 is 1.47 bits per heavy atom. The molecule has 0 aliphatic rings. The molecule has 2 heterocycles. The second-order valence-corrected chi connectivity index (χ2v) is 5.38. The Hall–Kier alpha value is -1.32. The maximum Gasteiger partial charge on any atom is 0.321 e. The average Bonchev–Trinajstić information content (AvgIpc) is 2.97. The van der Waals surface area contributed by atoms with Crippen LogP contribution in [0.5, 0.6) is 0 Å². The molecule has 0 bridgehead atoms. The van der Waals surface area contributed by atoms with Crippen LogP contribution in [0, 0.1) is 0 Å². The van der Waals surface area contributed by atoms with Crippen LogP contribution >= 0.6 is 27.7 Å². The summed E-state index contributed by atoms with van der Waals surface area (Å²) in [4.78, 5) is 10.5. The number of hydrogen-bond donors (Lipinski definition) is 2. The van der Waals surface area contributed by atoms with E-state index >= 15 is 0 Å². The number of hydrogen-bond acceptors (Lipinski definition) is 7. The van der Waals surface area contributed by atoms with Gasteiger partial charge in [0.2, 0.25) is 5.89 Å². The van der Waals surface area contributed by atoms with E-state index in [9.17, 15) is 4.79 Å². The van der Waals surface area contributed by atoms with Crippen LogP contribution in [0.25, 0.3) is 11.7 Å². The van der Waals surface area contributed by atoms with Crippen LogP contribution in [0.4, 0.5) is 0 Å². The zero-order valence-corrected chi connectivity index (χ0v) is 12.0. The van der Waals surface area contributed by atoms with Gasteiger partial charge in [-0.25, -0.2) is 0 Å². The molecule has 1 atom stereocenters. The number of carboxylic acid groups (broad SMARTS) is 1. The molecule has 0 amide bonds. The fraction of sp³-hybridized carbons (Fsp3) is 0.300. The third-order valence-electron chi connectivity index (χ3n) is 2.09. The number of carboxylic acids is 1. The Labute approximate surface area is 120 Å². The minimum atomic E-state index is -1.03. The molecule has 19 heavy (non-hydrogen) atoms. The van der Waals surface area contributed by atoms with Crippen LogP contribution < -0.4 is 5.73 Å². The summed E-state index contributed by atoms with van der Waals surface area (Å²) in [5, 5.41) is 16.3. The van der Waals surface area contributed by atoms with E-state index in [1.807, 2.05) is 0 Å². The molecule has 2 aromatic heterocycles. The fourth-order valence-corrected chi connectivity index (χ4v) is 2.30. The van der Waals surface area contributed by atoms with Crippen LogP contribution in [0.2, 0.25) is 0 Å². The third kappa shape index (κ3) is 3.82. The molecule has 0 unspecified atom stereocenters. The summed E-state index contributed by atoms with van der Waals surface area (Å²) in [7, 11) is 0. The van der Waals surface area contributed by atoms with Crippen molar-refractivity contribution < 1.29 is 18.7 Å². The second-order valence-electron chi connectivity index (χ2n) is 3.56. The average molecular weight is 348 g/mol. The van der Waals surface area contributed by atoms with Gasteiger partial charge >= 0.3 is 5.97 Å². The largest absolute Gasteiger partial charge is 0.480 e. The molecule has 9 heteroatoms. The molecule has 3 N–H and O–H groups in total. The number of thioether (sulfide) groups is 1. The predicted molar refractivity (Wildman–Crippen MR) is 71.5 cm³/mol. The smallest absolute Gasteiger partial charge is 0.321 e. The lowest BCUT2D eigenvalue weighted by Gasteiger charge is -2.03. The quantitative estimate of drug-likeness (QED) is 0.811. The van der Waals surface area contributed by atoms with Crippen molar-refractivity contribution in [3.8, 4) is 11.7 Å². The highest BCUT2D eigenvalue weighted by molar-refractivity contribution is 9.10. The molecule has 0 fully saturated rings. The first-order valence-corrected chi connectivity index (χ1v) is 7.15. The van der Waals surface area contributed by atoms with E-state index in [0.29, 0.717) is 22.1 Å². The predicted octanol–water partition coefficient (Wildman–Crippen LogP) is 1.74. The summed E-state index contributed by atoms with van der Waals surface area (Å²) >= 11 is 4.49. The van der Waals surface area contributed by atoms with Gasteiger partial charge in [0, 0.05) is 5.75 Å². The van der Waals surface area contributed by atoms with Gasteiger partial charge in [0.05, 0.1) is 5.75 Å². The maximum atomic E-state index is 10.5. The van der Waals surface area contributed by atoms with Crippen molar-refractivity contribution in [3.63, 3.8) is 0 Å². The first-order chi connectivity index (χ1) is 9.06. The number of rotatable bonds is 6. The SMILES string of the molecule is N[C@@H](CSCc1nnc(-c2ccc(Br)o2)o1)C(=O)O. The number of nitrogens with two attached hydrogens (primary N) is 1. The molecule has 7 nitrogen and oxygen atoms in total. The summed E-state index contributed by atoms with van der Waals surface area (Å²) in [6, 6.07) is 2.53. The van der Waals surface area contributed by atoms with E-state index in [-0.39, 0.29) is 11.6 Å². The second kappa shape index (κ2) is 6.22. The van der Waals surface area contributed by atoms with Crippen molar-refractivity contribution in [2.24, 2.45) is 5.73 Å². The van der Waals surface area contributed by atoms with E-state index in [2.05, 4.69) is 26.1 Å². The Balaban J connectivity index is 1.89. The van der Waals surface area contributed by atoms with E-state index in [1.54, 1.807) is 12.1 Å². The van der Waals surface area contributed by atoms with Crippen molar-refractivity contribution in [1.29, 1.82) is 0 Å². The Morgan fingerprint density at radius 3 is 2.89 bits per heavy atom. The van der Waals surface area contributed by atoms with Gasteiger partial charge < -0.3 is 19.7 Å². The molecular formula is C10H10BrN3O4S. The van der Waals surface area contributed by atoms with Gasteiger partial charge in [0.25, 0.3) is 5.89 Å². The van der Waals surface area contributed by atoms with Gasteiger partial charge in [-0.1, -0.05) is 0 Å². The molecule has 2 rings (SSSR count).